The summed E-state index contributed by atoms with van der Waals surface area (Å²) in [4.78, 5) is 0. The SMILES string of the molecule is CC(C)O.CC1(C)COCOC1. The molecule has 0 aliphatic carbocycles. The molecule has 0 spiro atoms. The first-order valence-electron chi connectivity index (χ1n) is 4.27. The smallest absolute Gasteiger partial charge is 0.146 e. The van der Waals surface area contributed by atoms with E-state index in [1.807, 2.05) is 0 Å². The maximum Gasteiger partial charge on any atom is 0.146 e. The molecule has 0 aromatic heterocycles. The van der Waals surface area contributed by atoms with Crippen LogP contribution in [0.25, 0.3) is 0 Å². The van der Waals surface area contributed by atoms with Crippen molar-refractivity contribution in [3.63, 3.8) is 0 Å². The summed E-state index contributed by atoms with van der Waals surface area (Å²) in [5.41, 5.74) is 0.234. The summed E-state index contributed by atoms with van der Waals surface area (Å²) in [7, 11) is 0. The molecule has 74 valence electrons. The lowest BCUT2D eigenvalue weighted by molar-refractivity contribution is -0.153. The van der Waals surface area contributed by atoms with Gasteiger partial charge in [0.05, 0.1) is 13.2 Å². The summed E-state index contributed by atoms with van der Waals surface area (Å²) in [5, 5.41) is 8.06. The molecule has 0 amide bonds. The zero-order valence-corrected chi connectivity index (χ0v) is 8.46. The third-order valence-corrected chi connectivity index (χ3v) is 1.15. The van der Waals surface area contributed by atoms with Crippen LogP contribution in [0.15, 0.2) is 0 Å². The second-order valence-electron chi connectivity index (χ2n) is 4.07. The fraction of sp³-hybridized carbons (Fsp3) is 1.00. The molecule has 0 aromatic carbocycles. The molecule has 1 rings (SSSR count). The van der Waals surface area contributed by atoms with E-state index in [0.29, 0.717) is 6.79 Å². The first kappa shape index (κ1) is 11.9. The van der Waals surface area contributed by atoms with Gasteiger partial charge in [0.15, 0.2) is 0 Å². The molecule has 12 heavy (non-hydrogen) atoms. The average Bonchev–Trinajstić information content (AvgIpc) is 1.85. The molecule has 0 saturated carbocycles. The van der Waals surface area contributed by atoms with Crippen molar-refractivity contribution in [2.24, 2.45) is 5.41 Å². The first-order valence-corrected chi connectivity index (χ1v) is 4.27. The maximum absolute atomic E-state index is 8.06. The summed E-state index contributed by atoms with van der Waals surface area (Å²) in [6.45, 7) is 9.84. The van der Waals surface area contributed by atoms with E-state index in [9.17, 15) is 0 Å². The van der Waals surface area contributed by atoms with Crippen molar-refractivity contribution in [2.75, 3.05) is 20.0 Å². The van der Waals surface area contributed by atoms with Crippen LogP contribution in [-0.4, -0.2) is 31.2 Å². The lowest BCUT2D eigenvalue weighted by Crippen LogP contribution is -2.31. The van der Waals surface area contributed by atoms with Gasteiger partial charge >= 0.3 is 0 Å². The highest BCUT2D eigenvalue weighted by molar-refractivity contribution is 4.67. The minimum absolute atomic E-state index is 0.167. The van der Waals surface area contributed by atoms with Crippen LogP contribution in [0.1, 0.15) is 27.7 Å². The number of ether oxygens (including phenoxy) is 2. The van der Waals surface area contributed by atoms with Crippen LogP contribution in [-0.2, 0) is 9.47 Å². The lowest BCUT2D eigenvalue weighted by Gasteiger charge is -2.28. The molecule has 1 aliphatic heterocycles. The number of rotatable bonds is 0. The quantitative estimate of drug-likeness (QED) is 0.606. The van der Waals surface area contributed by atoms with Crippen LogP contribution in [0, 0.1) is 5.41 Å². The normalized spacial score (nSPS) is 21.5. The third-order valence-electron chi connectivity index (χ3n) is 1.15. The van der Waals surface area contributed by atoms with Gasteiger partial charge in [-0.05, 0) is 13.8 Å². The molecule has 0 aromatic rings. The fourth-order valence-corrected chi connectivity index (χ4v) is 0.737. The highest BCUT2D eigenvalue weighted by atomic mass is 16.7. The fourth-order valence-electron chi connectivity index (χ4n) is 0.737. The van der Waals surface area contributed by atoms with E-state index in [-0.39, 0.29) is 11.5 Å². The molecule has 0 radical (unpaired) electrons. The van der Waals surface area contributed by atoms with E-state index in [1.54, 1.807) is 13.8 Å². The Hall–Kier alpha value is -0.120. The predicted molar refractivity (Wildman–Crippen MR) is 47.9 cm³/mol. The summed E-state index contributed by atoms with van der Waals surface area (Å²) in [6, 6.07) is 0. The highest BCUT2D eigenvalue weighted by Gasteiger charge is 2.21. The first-order chi connectivity index (χ1) is 5.44. The summed E-state index contributed by atoms with van der Waals surface area (Å²) < 4.78 is 10.1. The second-order valence-corrected chi connectivity index (χ2v) is 4.07. The van der Waals surface area contributed by atoms with Crippen LogP contribution in [0.3, 0.4) is 0 Å². The standard InChI is InChI=1S/C6H12O2.C3H8O/c1-6(2)3-7-5-8-4-6;1-3(2)4/h3-5H2,1-2H3;3-4H,1-2H3. The third kappa shape index (κ3) is 7.98. The molecule has 3 heteroatoms. The largest absolute Gasteiger partial charge is 0.394 e. The molecule has 0 unspecified atom stereocenters. The molecule has 3 nitrogen and oxygen atoms in total. The van der Waals surface area contributed by atoms with Crippen molar-refractivity contribution in [1.82, 2.24) is 0 Å². The van der Waals surface area contributed by atoms with E-state index < -0.39 is 0 Å². The number of hydrogen-bond acceptors (Lipinski definition) is 3. The Kier molecular flexibility index (Phi) is 5.46. The van der Waals surface area contributed by atoms with Gasteiger partial charge in [0.2, 0.25) is 0 Å². The molecule has 0 atom stereocenters. The van der Waals surface area contributed by atoms with Gasteiger partial charge in [-0.3, -0.25) is 0 Å². The van der Waals surface area contributed by atoms with Crippen LogP contribution in [0.5, 0.6) is 0 Å². The molecule has 0 bridgehead atoms. The van der Waals surface area contributed by atoms with Crippen molar-refractivity contribution >= 4 is 0 Å². The Labute approximate surface area is 74.7 Å². The van der Waals surface area contributed by atoms with Crippen molar-refractivity contribution in [3.8, 4) is 0 Å². The number of aliphatic hydroxyl groups excluding tert-OH is 1. The van der Waals surface area contributed by atoms with Gasteiger partial charge in [0.25, 0.3) is 0 Å². The van der Waals surface area contributed by atoms with E-state index in [4.69, 9.17) is 14.6 Å². The van der Waals surface area contributed by atoms with E-state index in [0.717, 1.165) is 13.2 Å². The minimum Gasteiger partial charge on any atom is -0.394 e. The Morgan fingerprint density at radius 3 is 1.67 bits per heavy atom. The van der Waals surface area contributed by atoms with Crippen LogP contribution in [0.4, 0.5) is 0 Å². The van der Waals surface area contributed by atoms with Crippen molar-refractivity contribution in [3.05, 3.63) is 0 Å². The zero-order chi connectivity index (χ0) is 9.61. The monoisotopic (exact) mass is 176 g/mol. The second kappa shape index (κ2) is 5.51. The van der Waals surface area contributed by atoms with Gasteiger partial charge < -0.3 is 14.6 Å². The molecule has 1 N–H and O–H groups in total. The van der Waals surface area contributed by atoms with Gasteiger partial charge in [-0.2, -0.15) is 0 Å². The van der Waals surface area contributed by atoms with Gasteiger partial charge in [-0.15, -0.1) is 0 Å². The summed E-state index contributed by atoms with van der Waals surface area (Å²) in [6.07, 6.45) is -0.167. The molecule has 1 aliphatic rings. The minimum atomic E-state index is -0.167. The predicted octanol–water partition coefficient (Wildman–Crippen LogP) is 1.40. The van der Waals surface area contributed by atoms with E-state index in [1.165, 1.54) is 0 Å². The van der Waals surface area contributed by atoms with Crippen molar-refractivity contribution < 1.29 is 14.6 Å². The summed E-state index contributed by atoms with van der Waals surface area (Å²) in [5.74, 6) is 0. The molecule has 1 saturated heterocycles. The topological polar surface area (TPSA) is 38.7 Å². The summed E-state index contributed by atoms with van der Waals surface area (Å²) >= 11 is 0. The van der Waals surface area contributed by atoms with Crippen LogP contribution >= 0.6 is 0 Å². The number of hydrogen-bond donors (Lipinski definition) is 1. The number of aliphatic hydroxyl groups is 1. The van der Waals surface area contributed by atoms with Crippen LogP contribution < -0.4 is 0 Å². The van der Waals surface area contributed by atoms with Crippen molar-refractivity contribution in [1.29, 1.82) is 0 Å². The van der Waals surface area contributed by atoms with Gasteiger partial charge in [0, 0.05) is 11.5 Å². The molecule has 1 fully saturated rings. The lowest BCUT2D eigenvalue weighted by atomic mass is 9.96. The van der Waals surface area contributed by atoms with E-state index in [2.05, 4.69) is 13.8 Å². The molecule has 1 heterocycles. The molecular formula is C9H20O3. The Morgan fingerprint density at radius 2 is 1.50 bits per heavy atom. The van der Waals surface area contributed by atoms with Gasteiger partial charge in [-0.1, -0.05) is 13.8 Å². The molecular weight excluding hydrogens is 156 g/mol. The zero-order valence-electron chi connectivity index (χ0n) is 8.46. The Balaban J connectivity index is 0.000000261. The Bertz CT molecular complexity index is 99.6. The van der Waals surface area contributed by atoms with Gasteiger partial charge in [0.1, 0.15) is 6.79 Å². The Morgan fingerprint density at radius 1 is 1.17 bits per heavy atom. The highest BCUT2D eigenvalue weighted by Crippen LogP contribution is 2.18. The van der Waals surface area contributed by atoms with Crippen LogP contribution in [0.2, 0.25) is 0 Å². The van der Waals surface area contributed by atoms with Gasteiger partial charge in [-0.25, -0.2) is 0 Å². The van der Waals surface area contributed by atoms with E-state index >= 15 is 0 Å². The maximum atomic E-state index is 8.06. The van der Waals surface area contributed by atoms with Crippen molar-refractivity contribution in [2.45, 2.75) is 33.8 Å². The average molecular weight is 176 g/mol.